The number of aliphatic imine (C=N–C) groups is 1. The lowest BCUT2D eigenvalue weighted by atomic mass is 10.1. The highest BCUT2D eigenvalue weighted by Crippen LogP contribution is 2.28. The van der Waals surface area contributed by atoms with Gasteiger partial charge in [0, 0.05) is 32.1 Å². The highest BCUT2D eigenvalue weighted by atomic mass is 19.1. The number of carbonyl (C=O) groups excluding carboxylic acids is 2. The van der Waals surface area contributed by atoms with E-state index in [0.717, 1.165) is 12.8 Å². The number of amides is 2. The minimum Gasteiger partial charge on any atom is -0.357 e. The first kappa shape index (κ1) is 20.7. The molecular formula is C19H28FN5O2. The van der Waals surface area contributed by atoms with Crippen molar-refractivity contribution >= 4 is 17.8 Å². The molecule has 148 valence electrons. The maximum Gasteiger partial charge on any atom is 0.224 e. The van der Waals surface area contributed by atoms with E-state index >= 15 is 0 Å². The van der Waals surface area contributed by atoms with E-state index in [4.69, 9.17) is 0 Å². The Morgan fingerprint density at radius 2 is 1.89 bits per heavy atom. The van der Waals surface area contributed by atoms with Crippen LogP contribution in [-0.4, -0.2) is 50.5 Å². The van der Waals surface area contributed by atoms with E-state index in [-0.39, 0.29) is 30.0 Å². The number of carbonyl (C=O) groups is 2. The first-order valence-electron chi connectivity index (χ1n) is 9.39. The van der Waals surface area contributed by atoms with Gasteiger partial charge in [0.15, 0.2) is 5.96 Å². The molecule has 0 aliphatic heterocycles. The number of nitrogens with zero attached hydrogens (tertiary/aromatic N) is 1. The van der Waals surface area contributed by atoms with Crippen molar-refractivity contribution in [3.63, 3.8) is 0 Å². The van der Waals surface area contributed by atoms with Gasteiger partial charge in [-0.05, 0) is 37.5 Å². The molecule has 0 spiro atoms. The average molecular weight is 377 g/mol. The molecule has 0 heterocycles. The SMILES string of the molecule is CCNC(=NCCNC(=O)Cc1cccc(F)c1)NCCNC(=O)C1CC1. The van der Waals surface area contributed by atoms with Crippen LogP contribution in [0.2, 0.25) is 0 Å². The molecule has 4 N–H and O–H groups in total. The Labute approximate surface area is 159 Å². The summed E-state index contributed by atoms with van der Waals surface area (Å²) in [5.41, 5.74) is 0.638. The highest BCUT2D eigenvalue weighted by Gasteiger charge is 2.28. The van der Waals surface area contributed by atoms with Crippen LogP contribution >= 0.6 is 0 Å². The van der Waals surface area contributed by atoms with Gasteiger partial charge in [0.05, 0.1) is 13.0 Å². The fraction of sp³-hybridized carbons (Fsp3) is 0.526. The van der Waals surface area contributed by atoms with Gasteiger partial charge < -0.3 is 21.3 Å². The van der Waals surface area contributed by atoms with Crippen molar-refractivity contribution in [3.8, 4) is 0 Å². The Bertz CT molecular complexity index is 661. The molecule has 0 aromatic heterocycles. The molecule has 8 heteroatoms. The van der Waals surface area contributed by atoms with Crippen LogP contribution in [0.15, 0.2) is 29.3 Å². The summed E-state index contributed by atoms with van der Waals surface area (Å²) in [6.07, 6.45) is 2.13. The first-order valence-corrected chi connectivity index (χ1v) is 9.39. The van der Waals surface area contributed by atoms with Crippen LogP contribution in [0.25, 0.3) is 0 Å². The predicted octanol–water partition coefficient (Wildman–Crippen LogP) is 0.566. The molecule has 1 aliphatic rings. The van der Waals surface area contributed by atoms with Crippen LogP contribution < -0.4 is 21.3 Å². The van der Waals surface area contributed by atoms with Gasteiger partial charge in [-0.1, -0.05) is 12.1 Å². The van der Waals surface area contributed by atoms with Crippen LogP contribution in [-0.2, 0) is 16.0 Å². The van der Waals surface area contributed by atoms with E-state index in [1.54, 1.807) is 12.1 Å². The van der Waals surface area contributed by atoms with Gasteiger partial charge in [-0.25, -0.2) is 4.39 Å². The summed E-state index contributed by atoms with van der Waals surface area (Å²) < 4.78 is 13.1. The Kier molecular flexibility index (Phi) is 8.54. The summed E-state index contributed by atoms with van der Waals surface area (Å²) in [6, 6.07) is 6.01. The smallest absolute Gasteiger partial charge is 0.224 e. The third-order valence-corrected chi connectivity index (χ3v) is 3.97. The van der Waals surface area contributed by atoms with Crippen molar-refractivity contribution in [2.24, 2.45) is 10.9 Å². The number of hydrogen-bond donors (Lipinski definition) is 4. The second-order valence-corrected chi connectivity index (χ2v) is 6.41. The summed E-state index contributed by atoms with van der Waals surface area (Å²) in [7, 11) is 0. The van der Waals surface area contributed by atoms with Crippen molar-refractivity contribution in [1.29, 1.82) is 0 Å². The Morgan fingerprint density at radius 1 is 1.11 bits per heavy atom. The number of nitrogens with one attached hydrogen (secondary N) is 4. The minimum absolute atomic E-state index is 0.125. The van der Waals surface area contributed by atoms with Gasteiger partial charge >= 0.3 is 0 Å². The molecule has 2 amide bonds. The van der Waals surface area contributed by atoms with Crippen molar-refractivity contribution in [2.45, 2.75) is 26.2 Å². The van der Waals surface area contributed by atoms with Crippen molar-refractivity contribution in [1.82, 2.24) is 21.3 Å². The number of guanidine groups is 1. The number of hydrogen-bond acceptors (Lipinski definition) is 3. The van der Waals surface area contributed by atoms with E-state index < -0.39 is 0 Å². The average Bonchev–Trinajstić information content (AvgIpc) is 3.47. The van der Waals surface area contributed by atoms with E-state index in [1.165, 1.54) is 12.1 Å². The molecule has 0 radical (unpaired) electrons. The molecule has 1 aromatic rings. The van der Waals surface area contributed by atoms with E-state index in [9.17, 15) is 14.0 Å². The minimum atomic E-state index is -0.348. The zero-order chi connectivity index (χ0) is 19.5. The summed E-state index contributed by atoms with van der Waals surface area (Å²) in [6.45, 7) is 4.61. The Morgan fingerprint density at radius 3 is 2.59 bits per heavy atom. The van der Waals surface area contributed by atoms with Crippen molar-refractivity contribution in [3.05, 3.63) is 35.6 Å². The topological polar surface area (TPSA) is 94.6 Å². The Balaban J connectivity index is 1.62. The van der Waals surface area contributed by atoms with Crippen LogP contribution in [0, 0.1) is 11.7 Å². The normalized spacial score (nSPS) is 13.8. The first-order chi connectivity index (χ1) is 13.1. The lowest BCUT2D eigenvalue weighted by Crippen LogP contribution is -2.42. The molecule has 0 atom stereocenters. The standard InChI is InChI=1S/C19H28FN5O2/c1-2-21-19(25-11-9-23-18(27)15-6-7-15)24-10-8-22-17(26)13-14-4-3-5-16(20)12-14/h3-5,12,15H,2,6-11,13H2,1H3,(H,22,26)(H,23,27)(H2,21,24,25). The van der Waals surface area contributed by atoms with Gasteiger partial charge in [0.2, 0.25) is 11.8 Å². The molecule has 1 aromatic carbocycles. The number of halogens is 1. The van der Waals surface area contributed by atoms with Gasteiger partial charge in [-0.2, -0.15) is 0 Å². The maximum absolute atomic E-state index is 13.1. The van der Waals surface area contributed by atoms with E-state index in [0.29, 0.717) is 44.2 Å². The highest BCUT2D eigenvalue weighted by molar-refractivity contribution is 5.81. The fourth-order valence-corrected chi connectivity index (χ4v) is 2.46. The third-order valence-electron chi connectivity index (χ3n) is 3.97. The zero-order valence-corrected chi connectivity index (χ0v) is 15.7. The largest absolute Gasteiger partial charge is 0.357 e. The summed E-state index contributed by atoms with van der Waals surface area (Å²) >= 11 is 0. The van der Waals surface area contributed by atoms with E-state index in [2.05, 4.69) is 26.3 Å². The van der Waals surface area contributed by atoms with E-state index in [1.807, 2.05) is 6.92 Å². The van der Waals surface area contributed by atoms with Crippen LogP contribution in [0.4, 0.5) is 4.39 Å². The molecule has 0 saturated heterocycles. The van der Waals surface area contributed by atoms with Crippen molar-refractivity contribution in [2.75, 3.05) is 32.7 Å². The Hall–Kier alpha value is -2.64. The molecular weight excluding hydrogens is 349 g/mol. The summed E-state index contributed by atoms with van der Waals surface area (Å²) in [4.78, 5) is 27.8. The monoisotopic (exact) mass is 377 g/mol. The fourth-order valence-electron chi connectivity index (χ4n) is 2.46. The molecule has 27 heavy (non-hydrogen) atoms. The second-order valence-electron chi connectivity index (χ2n) is 6.41. The van der Waals surface area contributed by atoms with Crippen LogP contribution in [0.1, 0.15) is 25.3 Å². The molecule has 1 aliphatic carbocycles. The summed E-state index contributed by atoms with van der Waals surface area (Å²) in [5.74, 6) is 0.455. The van der Waals surface area contributed by atoms with Gasteiger partial charge in [0.1, 0.15) is 5.82 Å². The van der Waals surface area contributed by atoms with Crippen molar-refractivity contribution < 1.29 is 14.0 Å². The lowest BCUT2D eigenvalue weighted by molar-refractivity contribution is -0.122. The molecule has 1 saturated carbocycles. The quantitative estimate of drug-likeness (QED) is 0.272. The summed E-state index contributed by atoms with van der Waals surface area (Å²) in [5, 5.41) is 11.9. The maximum atomic E-state index is 13.1. The van der Waals surface area contributed by atoms with Gasteiger partial charge in [0.25, 0.3) is 0 Å². The number of rotatable bonds is 10. The molecule has 7 nitrogen and oxygen atoms in total. The second kappa shape index (κ2) is 11.2. The molecule has 0 bridgehead atoms. The van der Waals surface area contributed by atoms with Crippen LogP contribution in [0.3, 0.4) is 0 Å². The molecule has 1 fully saturated rings. The van der Waals surface area contributed by atoms with Crippen LogP contribution in [0.5, 0.6) is 0 Å². The lowest BCUT2D eigenvalue weighted by Gasteiger charge is -2.12. The molecule has 2 rings (SSSR count). The predicted molar refractivity (Wildman–Crippen MR) is 103 cm³/mol. The number of benzene rings is 1. The third kappa shape index (κ3) is 8.52. The van der Waals surface area contributed by atoms with Gasteiger partial charge in [-0.3, -0.25) is 14.6 Å². The zero-order valence-electron chi connectivity index (χ0n) is 15.7. The molecule has 0 unspecified atom stereocenters. The van der Waals surface area contributed by atoms with Gasteiger partial charge in [-0.15, -0.1) is 0 Å².